The average Bonchev–Trinajstić information content (AvgIpc) is 2.80. The zero-order valence-electron chi connectivity index (χ0n) is 19.5. The van der Waals surface area contributed by atoms with Crippen LogP contribution >= 0.6 is 0 Å². The number of benzene rings is 1. The van der Waals surface area contributed by atoms with Gasteiger partial charge < -0.3 is 15.5 Å². The first-order valence-electron chi connectivity index (χ1n) is 11.6. The Morgan fingerprint density at radius 3 is 2.52 bits per heavy atom. The summed E-state index contributed by atoms with van der Waals surface area (Å²) in [5.41, 5.74) is 2.55. The third kappa shape index (κ3) is 6.69. The fraction of sp³-hybridized carbons (Fsp3) is 0.520. The molecule has 0 amide bonds. The Balaban J connectivity index is 1.46. The number of aromatic nitrogens is 1. The lowest BCUT2D eigenvalue weighted by molar-refractivity contribution is 0.134. The van der Waals surface area contributed by atoms with Gasteiger partial charge in [-0.25, -0.2) is 4.98 Å². The highest BCUT2D eigenvalue weighted by molar-refractivity contribution is 5.79. The van der Waals surface area contributed by atoms with Gasteiger partial charge in [0.1, 0.15) is 5.82 Å². The zero-order chi connectivity index (χ0) is 22.1. The molecule has 31 heavy (non-hydrogen) atoms. The van der Waals surface area contributed by atoms with Gasteiger partial charge in [-0.3, -0.25) is 9.89 Å². The molecular weight excluding hydrogens is 384 g/mol. The van der Waals surface area contributed by atoms with E-state index in [0.29, 0.717) is 18.6 Å². The highest BCUT2D eigenvalue weighted by Gasteiger charge is 2.25. The van der Waals surface area contributed by atoms with Crippen molar-refractivity contribution in [1.29, 1.82) is 0 Å². The van der Waals surface area contributed by atoms with Crippen LogP contribution in [0.3, 0.4) is 0 Å². The second-order valence-electron chi connectivity index (χ2n) is 8.29. The number of anilines is 1. The smallest absolute Gasteiger partial charge is 0.191 e. The molecule has 168 valence electrons. The van der Waals surface area contributed by atoms with Crippen LogP contribution < -0.4 is 15.5 Å². The van der Waals surface area contributed by atoms with Crippen LogP contribution in [0, 0.1) is 0 Å². The lowest BCUT2D eigenvalue weighted by Gasteiger charge is -2.38. The van der Waals surface area contributed by atoms with E-state index in [9.17, 15) is 0 Å². The van der Waals surface area contributed by atoms with Crippen molar-refractivity contribution in [3.05, 3.63) is 59.8 Å². The number of nitrogens with one attached hydrogen (secondary N) is 2. The summed E-state index contributed by atoms with van der Waals surface area (Å²) in [4.78, 5) is 13.9. The Labute approximate surface area is 187 Å². The molecule has 2 aromatic rings. The van der Waals surface area contributed by atoms with E-state index in [-0.39, 0.29) is 0 Å². The molecule has 6 nitrogen and oxygen atoms in total. The third-order valence-corrected chi connectivity index (χ3v) is 6.16. The van der Waals surface area contributed by atoms with Crippen molar-refractivity contribution in [2.45, 2.75) is 58.8 Å². The SMILES string of the molecule is CCN(CC)c1ccc(CNC(=NC)NC2CCN(Cc3ccccc3)C(C)C2)cn1. The molecule has 0 aliphatic carbocycles. The molecule has 0 radical (unpaired) electrons. The molecule has 0 bridgehead atoms. The van der Waals surface area contributed by atoms with Crippen molar-refractivity contribution in [1.82, 2.24) is 20.5 Å². The van der Waals surface area contributed by atoms with E-state index >= 15 is 0 Å². The highest BCUT2D eigenvalue weighted by Crippen LogP contribution is 2.20. The molecule has 1 fully saturated rings. The van der Waals surface area contributed by atoms with Crippen LogP contribution in [0.15, 0.2) is 53.7 Å². The molecule has 3 rings (SSSR count). The second-order valence-corrected chi connectivity index (χ2v) is 8.29. The van der Waals surface area contributed by atoms with Gasteiger partial charge in [-0.1, -0.05) is 36.4 Å². The first-order valence-corrected chi connectivity index (χ1v) is 11.6. The van der Waals surface area contributed by atoms with E-state index in [1.165, 1.54) is 5.56 Å². The molecule has 2 N–H and O–H groups in total. The van der Waals surface area contributed by atoms with Crippen molar-refractivity contribution in [2.24, 2.45) is 4.99 Å². The quantitative estimate of drug-likeness (QED) is 0.502. The topological polar surface area (TPSA) is 55.8 Å². The molecule has 1 saturated heterocycles. The van der Waals surface area contributed by atoms with E-state index in [4.69, 9.17) is 0 Å². The molecular formula is C25H38N6. The minimum Gasteiger partial charge on any atom is -0.357 e. The van der Waals surface area contributed by atoms with Crippen LogP contribution in [0.5, 0.6) is 0 Å². The van der Waals surface area contributed by atoms with Crippen molar-refractivity contribution in [2.75, 3.05) is 31.6 Å². The molecule has 2 unspecified atom stereocenters. The summed E-state index contributed by atoms with van der Waals surface area (Å²) in [6.45, 7) is 11.4. The summed E-state index contributed by atoms with van der Waals surface area (Å²) in [7, 11) is 1.84. The van der Waals surface area contributed by atoms with E-state index in [2.05, 4.69) is 93.6 Å². The maximum Gasteiger partial charge on any atom is 0.191 e. The summed E-state index contributed by atoms with van der Waals surface area (Å²) in [5, 5.41) is 7.07. The standard InChI is InChI=1S/C25H38N6/c1-5-30(6-2)24-13-12-22(17-27-24)18-28-25(26-4)29-23-14-15-31(20(3)16-23)19-21-10-8-7-9-11-21/h7-13,17,20,23H,5-6,14-16,18-19H2,1-4H3,(H2,26,28,29). The maximum atomic E-state index is 4.61. The lowest BCUT2D eigenvalue weighted by Crippen LogP contribution is -2.51. The molecule has 0 saturated carbocycles. The molecule has 6 heteroatoms. The molecule has 0 spiro atoms. The van der Waals surface area contributed by atoms with E-state index in [0.717, 1.165) is 56.4 Å². The predicted octanol–water partition coefficient (Wildman–Crippen LogP) is 3.65. The first kappa shape index (κ1) is 23.1. The molecule has 1 aliphatic heterocycles. The number of hydrogen-bond acceptors (Lipinski definition) is 4. The normalized spacial score (nSPS) is 19.8. The van der Waals surface area contributed by atoms with Crippen LogP contribution in [0.1, 0.15) is 44.7 Å². The van der Waals surface area contributed by atoms with E-state index < -0.39 is 0 Å². The number of nitrogens with zero attached hydrogens (tertiary/aromatic N) is 4. The Hall–Kier alpha value is -2.60. The number of piperidine rings is 1. The number of likely N-dealkylation sites (tertiary alicyclic amines) is 1. The minimum atomic E-state index is 0.441. The monoisotopic (exact) mass is 422 g/mol. The van der Waals surface area contributed by atoms with Crippen molar-refractivity contribution in [3.63, 3.8) is 0 Å². The molecule has 1 aromatic carbocycles. The fourth-order valence-electron chi connectivity index (χ4n) is 4.23. The summed E-state index contributed by atoms with van der Waals surface area (Å²) in [6.07, 6.45) is 4.20. The van der Waals surface area contributed by atoms with Gasteiger partial charge in [0.15, 0.2) is 5.96 Å². The van der Waals surface area contributed by atoms with E-state index in [1.807, 2.05) is 13.2 Å². The number of pyridine rings is 1. The van der Waals surface area contributed by atoms with Gasteiger partial charge in [0, 0.05) is 58.1 Å². The van der Waals surface area contributed by atoms with Gasteiger partial charge in [0.25, 0.3) is 0 Å². The summed E-state index contributed by atoms with van der Waals surface area (Å²) < 4.78 is 0. The number of rotatable bonds is 8. The molecule has 1 aliphatic rings. The van der Waals surface area contributed by atoms with Crippen LogP contribution in [0.2, 0.25) is 0 Å². The van der Waals surface area contributed by atoms with Crippen LogP contribution in [0.25, 0.3) is 0 Å². The van der Waals surface area contributed by atoms with Gasteiger partial charge in [-0.15, -0.1) is 0 Å². The average molecular weight is 423 g/mol. The molecule has 2 heterocycles. The number of guanidine groups is 1. The van der Waals surface area contributed by atoms with Crippen LogP contribution in [-0.4, -0.2) is 54.6 Å². The van der Waals surface area contributed by atoms with Crippen molar-refractivity contribution < 1.29 is 0 Å². The third-order valence-electron chi connectivity index (χ3n) is 6.16. The Kier molecular flexibility index (Phi) is 8.71. The molecule has 1 aromatic heterocycles. The van der Waals surface area contributed by atoms with Gasteiger partial charge >= 0.3 is 0 Å². The maximum absolute atomic E-state index is 4.61. The summed E-state index contributed by atoms with van der Waals surface area (Å²) in [6, 6.07) is 16.0. The predicted molar refractivity (Wildman–Crippen MR) is 130 cm³/mol. The summed E-state index contributed by atoms with van der Waals surface area (Å²) in [5.74, 6) is 1.90. The highest BCUT2D eigenvalue weighted by atomic mass is 15.2. The van der Waals surface area contributed by atoms with E-state index in [1.54, 1.807) is 0 Å². The molecule has 2 atom stereocenters. The van der Waals surface area contributed by atoms with Gasteiger partial charge in [-0.2, -0.15) is 0 Å². The van der Waals surface area contributed by atoms with Crippen LogP contribution in [-0.2, 0) is 13.1 Å². The Bertz CT molecular complexity index is 801. The van der Waals surface area contributed by atoms with Gasteiger partial charge in [-0.05, 0) is 50.8 Å². The van der Waals surface area contributed by atoms with Crippen molar-refractivity contribution in [3.8, 4) is 0 Å². The lowest BCUT2D eigenvalue weighted by atomic mass is 9.97. The summed E-state index contributed by atoms with van der Waals surface area (Å²) >= 11 is 0. The number of aliphatic imine (C=N–C) groups is 1. The largest absolute Gasteiger partial charge is 0.357 e. The van der Waals surface area contributed by atoms with Crippen LogP contribution in [0.4, 0.5) is 5.82 Å². The van der Waals surface area contributed by atoms with Crippen molar-refractivity contribution >= 4 is 11.8 Å². The minimum absolute atomic E-state index is 0.441. The Morgan fingerprint density at radius 2 is 1.90 bits per heavy atom. The number of hydrogen-bond donors (Lipinski definition) is 2. The zero-order valence-corrected chi connectivity index (χ0v) is 19.5. The first-order chi connectivity index (χ1) is 15.1. The van der Waals surface area contributed by atoms with Gasteiger partial charge in [0.05, 0.1) is 0 Å². The second kappa shape index (κ2) is 11.7. The van der Waals surface area contributed by atoms with Gasteiger partial charge in [0.2, 0.25) is 0 Å². The fourth-order valence-corrected chi connectivity index (χ4v) is 4.23. The Morgan fingerprint density at radius 1 is 1.13 bits per heavy atom.